The normalized spacial score (nSPS) is 34.8. The second-order valence-electron chi connectivity index (χ2n) is 6.65. The fourth-order valence-corrected chi connectivity index (χ4v) is 4.18. The lowest BCUT2D eigenvalue weighted by molar-refractivity contribution is -0.301. The fraction of sp³-hybridized carbons (Fsp3) is 1.00. The first-order valence-corrected chi connectivity index (χ1v) is 8.45. The Labute approximate surface area is 122 Å². The third kappa shape index (κ3) is 4.69. The van der Waals surface area contributed by atoms with Gasteiger partial charge in [-0.1, -0.05) is 44.9 Å². The molecule has 0 radical (unpaired) electrons. The van der Waals surface area contributed by atoms with E-state index in [1.54, 1.807) is 0 Å². The zero-order chi connectivity index (χ0) is 14.2. The molecule has 20 heavy (non-hydrogen) atoms. The summed E-state index contributed by atoms with van der Waals surface area (Å²) in [5.74, 6) is 1.52. The lowest BCUT2D eigenvalue weighted by Crippen LogP contribution is -2.35. The molecule has 0 spiro atoms. The van der Waals surface area contributed by atoms with Crippen LogP contribution in [0.15, 0.2) is 0 Å². The summed E-state index contributed by atoms with van der Waals surface area (Å²) in [6, 6.07) is 0. The lowest BCUT2D eigenvalue weighted by atomic mass is 9.69. The molecule has 0 heterocycles. The van der Waals surface area contributed by atoms with Crippen molar-refractivity contribution in [2.45, 2.75) is 89.3 Å². The maximum absolute atomic E-state index is 8.73. The predicted molar refractivity (Wildman–Crippen MR) is 77.4 cm³/mol. The molecule has 3 rings (SSSR count). The van der Waals surface area contributed by atoms with Gasteiger partial charge in [-0.25, -0.2) is 9.78 Å². The smallest absolute Gasteiger partial charge is 0.0958 e. The van der Waals surface area contributed by atoms with E-state index in [4.69, 9.17) is 10.5 Å². The highest BCUT2D eigenvalue weighted by Crippen LogP contribution is 2.41. The first kappa shape index (κ1) is 16.2. The van der Waals surface area contributed by atoms with Crippen molar-refractivity contribution in [3.8, 4) is 0 Å². The Bertz CT molecular complexity index is 244. The van der Waals surface area contributed by atoms with Crippen LogP contribution in [0.2, 0.25) is 0 Å². The lowest BCUT2D eigenvalue weighted by Gasteiger charge is -2.39. The molecule has 0 bridgehead atoms. The van der Waals surface area contributed by atoms with E-state index < -0.39 is 0 Å². The van der Waals surface area contributed by atoms with Gasteiger partial charge in [0.2, 0.25) is 0 Å². The Kier molecular flexibility index (Phi) is 7.28. The third-order valence-corrected chi connectivity index (χ3v) is 5.35. The SMILES string of the molecule is OOC1CCCCC1.OOC1CCC[C@H]2CCCC[C@H]12. The molecule has 4 nitrogen and oxygen atoms in total. The Balaban J connectivity index is 0.000000160. The van der Waals surface area contributed by atoms with Crippen molar-refractivity contribution < 1.29 is 20.3 Å². The van der Waals surface area contributed by atoms with E-state index in [2.05, 4.69) is 9.78 Å². The maximum atomic E-state index is 8.73. The zero-order valence-corrected chi connectivity index (χ0v) is 12.5. The molecule has 4 heteroatoms. The van der Waals surface area contributed by atoms with E-state index in [0.29, 0.717) is 5.92 Å². The maximum Gasteiger partial charge on any atom is 0.0958 e. The summed E-state index contributed by atoms with van der Waals surface area (Å²) >= 11 is 0. The van der Waals surface area contributed by atoms with Crippen LogP contribution in [-0.2, 0) is 9.78 Å². The quantitative estimate of drug-likeness (QED) is 0.573. The van der Waals surface area contributed by atoms with Crippen molar-refractivity contribution in [1.82, 2.24) is 0 Å². The van der Waals surface area contributed by atoms with Crippen LogP contribution >= 0.6 is 0 Å². The first-order chi connectivity index (χ1) is 9.85. The van der Waals surface area contributed by atoms with Gasteiger partial charge < -0.3 is 0 Å². The van der Waals surface area contributed by atoms with Gasteiger partial charge in [0, 0.05) is 0 Å². The molecule has 0 aromatic heterocycles. The minimum absolute atomic E-state index is 0.142. The van der Waals surface area contributed by atoms with Gasteiger partial charge in [-0.3, -0.25) is 10.5 Å². The summed E-state index contributed by atoms with van der Waals surface area (Å²) in [5.41, 5.74) is 0. The number of hydrogen-bond donors (Lipinski definition) is 2. The van der Waals surface area contributed by atoms with E-state index in [0.717, 1.165) is 25.2 Å². The van der Waals surface area contributed by atoms with Crippen LogP contribution in [0.1, 0.15) is 77.0 Å². The molecular formula is C16H30O4. The molecule has 0 saturated heterocycles. The molecule has 3 fully saturated rings. The van der Waals surface area contributed by atoms with Crippen LogP contribution in [0, 0.1) is 11.8 Å². The van der Waals surface area contributed by atoms with Crippen molar-refractivity contribution in [2.75, 3.05) is 0 Å². The highest BCUT2D eigenvalue weighted by Gasteiger charge is 2.35. The van der Waals surface area contributed by atoms with Gasteiger partial charge in [0.1, 0.15) is 0 Å². The van der Waals surface area contributed by atoms with E-state index in [1.165, 1.54) is 57.8 Å². The molecule has 3 saturated carbocycles. The fourth-order valence-electron chi connectivity index (χ4n) is 4.18. The Morgan fingerprint density at radius 3 is 1.90 bits per heavy atom. The summed E-state index contributed by atoms with van der Waals surface area (Å²) in [6.07, 6.45) is 15.1. The Hall–Kier alpha value is -0.160. The zero-order valence-electron chi connectivity index (χ0n) is 12.5. The third-order valence-electron chi connectivity index (χ3n) is 5.35. The molecule has 3 atom stereocenters. The second kappa shape index (κ2) is 8.98. The van der Waals surface area contributed by atoms with E-state index in [9.17, 15) is 0 Å². The minimum Gasteiger partial charge on any atom is -0.252 e. The average molecular weight is 286 g/mol. The van der Waals surface area contributed by atoms with E-state index in [1.807, 2.05) is 0 Å². The topological polar surface area (TPSA) is 58.9 Å². The van der Waals surface area contributed by atoms with Crippen LogP contribution in [-0.4, -0.2) is 22.7 Å². The van der Waals surface area contributed by atoms with Gasteiger partial charge in [-0.15, -0.1) is 0 Å². The largest absolute Gasteiger partial charge is 0.252 e. The summed E-state index contributed by atoms with van der Waals surface area (Å²) in [4.78, 5) is 8.75. The molecule has 2 N–H and O–H groups in total. The predicted octanol–water partition coefficient (Wildman–Crippen LogP) is 4.64. The van der Waals surface area contributed by atoms with Crippen molar-refractivity contribution in [3.05, 3.63) is 0 Å². The van der Waals surface area contributed by atoms with Gasteiger partial charge >= 0.3 is 0 Å². The molecule has 118 valence electrons. The average Bonchev–Trinajstić information content (AvgIpc) is 2.55. The summed E-state index contributed by atoms with van der Waals surface area (Å²) < 4.78 is 0. The Morgan fingerprint density at radius 1 is 0.600 bits per heavy atom. The van der Waals surface area contributed by atoms with Crippen molar-refractivity contribution in [2.24, 2.45) is 11.8 Å². The molecule has 0 aliphatic heterocycles. The summed E-state index contributed by atoms with van der Waals surface area (Å²) in [6.45, 7) is 0. The molecule has 0 amide bonds. The number of hydrogen-bond acceptors (Lipinski definition) is 4. The molecule has 3 aliphatic carbocycles. The molecule has 0 aromatic carbocycles. The van der Waals surface area contributed by atoms with Crippen LogP contribution < -0.4 is 0 Å². The van der Waals surface area contributed by atoms with Crippen molar-refractivity contribution >= 4 is 0 Å². The summed E-state index contributed by atoms with van der Waals surface area (Å²) in [5, 5.41) is 16.9. The van der Waals surface area contributed by atoms with E-state index >= 15 is 0 Å². The molecule has 3 aliphatic rings. The van der Waals surface area contributed by atoms with E-state index in [-0.39, 0.29) is 12.2 Å². The van der Waals surface area contributed by atoms with Gasteiger partial charge in [-0.05, 0) is 43.9 Å². The Morgan fingerprint density at radius 2 is 1.25 bits per heavy atom. The van der Waals surface area contributed by atoms with Crippen LogP contribution in [0.3, 0.4) is 0 Å². The molecule has 1 unspecified atom stereocenters. The number of fused-ring (bicyclic) bond motifs is 1. The molecular weight excluding hydrogens is 256 g/mol. The van der Waals surface area contributed by atoms with Crippen LogP contribution in [0.5, 0.6) is 0 Å². The van der Waals surface area contributed by atoms with Gasteiger partial charge in [0.15, 0.2) is 0 Å². The first-order valence-electron chi connectivity index (χ1n) is 8.45. The van der Waals surface area contributed by atoms with Crippen molar-refractivity contribution in [1.29, 1.82) is 0 Å². The van der Waals surface area contributed by atoms with Crippen LogP contribution in [0.4, 0.5) is 0 Å². The second-order valence-corrected chi connectivity index (χ2v) is 6.65. The van der Waals surface area contributed by atoms with Gasteiger partial charge in [0.05, 0.1) is 12.2 Å². The highest BCUT2D eigenvalue weighted by atomic mass is 17.1. The van der Waals surface area contributed by atoms with Crippen molar-refractivity contribution in [3.63, 3.8) is 0 Å². The monoisotopic (exact) mass is 286 g/mol. The minimum atomic E-state index is 0.142. The molecule has 0 aromatic rings. The summed E-state index contributed by atoms with van der Waals surface area (Å²) in [7, 11) is 0. The van der Waals surface area contributed by atoms with Gasteiger partial charge in [-0.2, -0.15) is 0 Å². The van der Waals surface area contributed by atoms with Gasteiger partial charge in [0.25, 0.3) is 0 Å². The number of rotatable bonds is 2. The highest BCUT2D eigenvalue weighted by molar-refractivity contribution is 4.85. The standard InChI is InChI=1S/C10H18O2.C6H12O2/c11-12-10-7-3-5-8-4-1-2-6-9(8)10;7-8-6-4-2-1-3-5-6/h8-11H,1-7H2;6-7H,1-5H2/t8-,9+,10?;/m1./s1. The van der Waals surface area contributed by atoms with Crippen LogP contribution in [0.25, 0.3) is 0 Å².